The summed E-state index contributed by atoms with van der Waals surface area (Å²) in [5.74, 6) is 1.18. The number of carbonyl (C=O) groups is 1. The zero-order chi connectivity index (χ0) is 24.2. The Morgan fingerprint density at radius 2 is 1.80 bits per heavy atom. The zero-order valence-corrected chi connectivity index (χ0v) is 19.6. The molecule has 0 aliphatic carbocycles. The number of fused-ring (bicyclic) bond motifs is 1. The van der Waals surface area contributed by atoms with Crippen LogP contribution in [0, 0.1) is 0 Å². The Morgan fingerprint density at radius 3 is 2.51 bits per heavy atom. The van der Waals surface area contributed by atoms with Gasteiger partial charge in [-0.3, -0.25) is 10.1 Å². The van der Waals surface area contributed by atoms with Crippen molar-refractivity contribution >= 4 is 41.2 Å². The third-order valence-electron chi connectivity index (χ3n) is 5.54. The number of aromatic nitrogens is 3. The molecule has 0 saturated carbocycles. The van der Waals surface area contributed by atoms with Gasteiger partial charge >= 0.3 is 0 Å². The molecule has 2 heterocycles. The SMILES string of the molecule is COc1ccc([C@@H]2C=C(c3ccccc3)Nc3nc(NC(=O)/C=C/c4ccc(Cl)cc4)nn32)cc1. The van der Waals surface area contributed by atoms with Crippen LogP contribution in [0.3, 0.4) is 0 Å². The van der Waals surface area contributed by atoms with Crippen molar-refractivity contribution in [3.8, 4) is 5.75 Å². The molecule has 0 saturated heterocycles. The van der Waals surface area contributed by atoms with E-state index in [2.05, 4.69) is 26.8 Å². The van der Waals surface area contributed by atoms with Gasteiger partial charge in [0.25, 0.3) is 11.9 Å². The number of methoxy groups -OCH3 is 1. The summed E-state index contributed by atoms with van der Waals surface area (Å²) in [4.78, 5) is 17.0. The van der Waals surface area contributed by atoms with Gasteiger partial charge in [-0.25, -0.2) is 4.68 Å². The summed E-state index contributed by atoms with van der Waals surface area (Å²) in [6.07, 6.45) is 5.23. The highest BCUT2D eigenvalue weighted by Crippen LogP contribution is 2.33. The quantitative estimate of drug-likeness (QED) is 0.346. The molecule has 0 spiro atoms. The van der Waals surface area contributed by atoms with Gasteiger partial charge in [-0.05, 0) is 53.1 Å². The smallest absolute Gasteiger partial charge is 0.250 e. The van der Waals surface area contributed by atoms with Crippen molar-refractivity contribution in [3.05, 3.63) is 113 Å². The third kappa shape index (κ3) is 5.10. The van der Waals surface area contributed by atoms with Gasteiger partial charge in [0.1, 0.15) is 11.8 Å². The number of carbonyl (C=O) groups excluding carboxylic acids is 1. The summed E-state index contributed by atoms with van der Waals surface area (Å²) in [6.45, 7) is 0. The highest BCUT2D eigenvalue weighted by atomic mass is 35.5. The molecule has 1 aliphatic rings. The summed E-state index contributed by atoms with van der Waals surface area (Å²) >= 11 is 5.91. The van der Waals surface area contributed by atoms with E-state index >= 15 is 0 Å². The van der Waals surface area contributed by atoms with Crippen LogP contribution in [0.4, 0.5) is 11.9 Å². The largest absolute Gasteiger partial charge is 0.497 e. The Bertz CT molecular complexity index is 1390. The Kier molecular flexibility index (Phi) is 6.32. The molecule has 1 aliphatic heterocycles. The molecule has 35 heavy (non-hydrogen) atoms. The number of rotatable bonds is 6. The number of amides is 1. The van der Waals surface area contributed by atoms with Crippen LogP contribution in [0.2, 0.25) is 5.02 Å². The van der Waals surface area contributed by atoms with E-state index in [4.69, 9.17) is 16.3 Å². The van der Waals surface area contributed by atoms with Crippen LogP contribution in [0.25, 0.3) is 11.8 Å². The molecule has 4 aromatic rings. The van der Waals surface area contributed by atoms with Gasteiger partial charge in [0, 0.05) is 16.8 Å². The van der Waals surface area contributed by atoms with Gasteiger partial charge in [0.15, 0.2) is 0 Å². The average molecular weight is 484 g/mol. The van der Waals surface area contributed by atoms with Gasteiger partial charge in [-0.15, -0.1) is 5.10 Å². The van der Waals surface area contributed by atoms with Crippen LogP contribution in [-0.4, -0.2) is 27.8 Å². The minimum Gasteiger partial charge on any atom is -0.497 e. The molecule has 0 bridgehead atoms. The van der Waals surface area contributed by atoms with Crippen LogP contribution in [0.1, 0.15) is 22.7 Å². The van der Waals surface area contributed by atoms with E-state index in [0.717, 1.165) is 28.1 Å². The summed E-state index contributed by atoms with van der Waals surface area (Å²) in [5.41, 5.74) is 3.80. The second-order valence-electron chi connectivity index (χ2n) is 7.87. The maximum atomic E-state index is 12.5. The Balaban J connectivity index is 1.42. The Labute approximate surface area is 207 Å². The average Bonchev–Trinajstić information content (AvgIpc) is 3.30. The fourth-order valence-corrected chi connectivity index (χ4v) is 3.89. The number of halogens is 1. The Morgan fingerprint density at radius 1 is 1.06 bits per heavy atom. The highest BCUT2D eigenvalue weighted by molar-refractivity contribution is 6.30. The molecular formula is C27H22ClN5O2. The van der Waals surface area contributed by atoms with Crippen molar-refractivity contribution in [1.29, 1.82) is 0 Å². The summed E-state index contributed by atoms with van der Waals surface area (Å²) in [7, 11) is 1.64. The number of benzene rings is 3. The first-order valence-electron chi connectivity index (χ1n) is 11.0. The van der Waals surface area contributed by atoms with Gasteiger partial charge in [-0.2, -0.15) is 4.98 Å². The van der Waals surface area contributed by atoms with E-state index in [9.17, 15) is 4.79 Å². The third-order valence-corrected chi connectivity index (χ3v) is 5.79. The van der Waals surface area contributed by atoms with Crippen LogP contribution in [-0.2, 0) is 4.79 Å². The zero-order valence-electron chi connectivity index (χ0n) is 18.9. The van der Waals surface area contributed by atoms with E-state index in [0.29, 0.717) is 11.0 Å². The molecule has 1 aromatic heterocycles. The van der Waals surface area contributed by atoms with Gasteiger partial charge in [0.05, 0.1) is 7.11 Å². The van der Waals surface area contributed by atoms with Gasteiger partial charge in [-0.1, -0.05) is 66.2 Å². The molecule has 1 amide bonds. The van der Waals surface area contributed by atoms with Crippen LogP contribution < -0.4 is 15.4 Å². The fourth-order valence-electron chi connectivity index (χ4n) is 3.77. The van der Waals surface area contributed by atoms with Crippen molar-refractivity contribution < 1.29 is 9.53 Å². The summed E-state index contributed by atoms with van der Waals surface area (Å²) < 4.78 is 7.06. The molecule has 174 valence electrons. The number of anilines is 2. The predicted octanol–water partition coefficient (Wildman–Crippen LogP) is 5.65. The number of nitrogens with one attached hydrogen (secondary N) is 2. The van der Waals surface area contributed by atoms with Crippen LogP contribution in [0.5, 0.6) is 5.75 Å². The number of nitrogens with zero attached hydrogens (tertiary/aromatic N) is 3. The summed E-state index contributed by atoms with van der Waals surface area (Å²) in [5, 5.41) is 11.3. The second kappa shape index (κ2) is 9.87. The lowest BCUT2D eigenvalue weighted by atomic mass is 10.0. The van der Waals surface area contributed by atoms with Crippen molar-refractivity contribution in [2.75, 3.05) is 17.7 Å². The molecule has 0 fully saturated rings. The van der Waals surface area contributed by atoms with E-state index in [1.54, 1.807) is 30.0 Å². The number of allylic oxidation sites excluding steroid dienone is 1. The number of hydrogen-bond acceptors (Lipinski definition) is 5. The van der Waals surface area contributed by atoms with Gasteiger partial charge in [0.2, 0.25) is 5.95 Å². The van der Waals surface area contributed by atoms with E-state index < -0.39 is 0 Å². The van der Waals surface area contributed by atoms with Crippen molar-refractivity contribution in [1.82, 2.24) is 14.8 Å². The molecule has 8 heteroatoms. The molecule has 0 unspecified atom stereocenters. The number of hydrogen-bond donors (Lipinski definition) is 2. The standard InChI is InChI=1S/C27H22ClN5O2/c1-35-22-14-10-20(11-15-22)24-17-23(19-5-3-2-4-6-19)29-27-31-26(32-33(24)27)30-25(34)16-9-18-7-12-21(28)13-8-18/h2-17,24H,1H3,(H2,29,30,31,32,34)/b16-9+/t24-/m0/s1. The topological polar surface area (TPSA) is 81.1 Å². The van der Waals surface area contributed by atoms with E-state index in [-0.39, 0.29) is 17.9 Å². The first-order chi connectivity index (χ1) is 17.1. The minimum absolute atomic E-state index is 0.208. The normalized spacial score (nSPS) is 14.7. The molecule has 5 rings (SSSR count). The summed E-state index contributed by atoms with van der Waals surface area (Å²) in [6, 6.07) is 24.8. The fraction of sp³-hybridized carbons (Fsp3) is 0.0741. The van der Waals surface area contributed by atoms with Gasteiger partial charge < -0.3 is 10.1 Å². The van der Waals surface area contributed by atoms with Crippen molar-refractivity contribution in [3.63, 3.8) is 0 Å². The Hall–Kier alpha value is -4.36. The maximum Gasteiger partial charge on any atom is 0.250 e. The molecule has 2 N–H and O–H groups in total. The van der Waals surface area contributed by atoms with E-state index in [1.807, 2.05) is 66.7 Å². The molecule has 1 atom stereocenters. The molecular weight excluding hydrogens is 462 g/mol. The molecule has 7 nitrogen and oxygen atoms in total. The highest BCUT2D eigenvalue weighted by Gasteiger charge is 2.25. The van der Waals surface area contributed by atoms with E-state index in [1.165, 1.54) is 6.08 Å². The monoisotopic (exact) mass is 483 g/mol. The number of ether oxygens (including phenoxy) is 1. The van der Waals surface area contributed by atoms with Crippen LogP contribution >= 0.6 is 11.6 Å². The lowest BCUT2D eigenvalue weighted by molar-refractivity contribution is -0.111. The lowest BCUT2D eigenvalue weighted by Crippen LogP contribution is -2.20. The molecule has 0 radical (unpaired) electrons. The van der Waals surface area contributed by atoms with Crippen molar-refractivity contribution in [2.24, 2.45) is 0 Å². The first-order valence-corrected chi connectivity index (χ1v) is 11.4. The predicted molar refractivity (Wildman–Crippen MR) is 138 cm³/mol. The minimum atomic E-state index is -0.333. The maximum absolute atomic E-state index is 12.5. The second-order valence-corrected chi connectivity index (χ2v) is 8.30. The first kappa shape index (κ1) is 22.4. The lowest BCUT2D eigenvalue weighted by Gasteiger charge is -2.24. The van der Waals surface area contributed by atoms with Crippen LogP contribution in [0.15, 0.2) is 91.0 Å². The van der Waals surface area contributed by atoms with Crippen molar-refractivity contribution in [2.45, 2.75) is 6.04 Å². The molecule has 3 aromatic carbocycles.